The third-order valence-corrected chi connectivity index (χ3v) is 7.76. The first-order chi connectivity index (χ1) is 13.2. The highest BCUT2D eigenvalue weighted by Crippen LogP contribution is 2.57. The molecular weight excluding hydrogens is 340 g/mol. The predicted octanol–water partition coefficient (Wildman–Crippen LogP) is 2.14. The molecule has 0 amide bonds. The highest BCUT2D eigenvalue weighted by Gasteiger charge is 2.59. The summed E-state index contributed by atoms with van der Waals surface area (Å²) in [4.78, 5) is 7.26. The summed E-state index contributed by atoms with van der Waals surface area (Å²) in [5.74, 6) is 0.964. The zero-order valence-electron chi connectivity index (χ0n) is 17.3. The first kappa shape index (κ1) is 19.5. The Labute approximate surface area is 164 Å². The van der Waals surface area contributed by atoms with E-state index in [1.54, 1.807) is 0 Å². The number of nitrogens with zero attached hydrogens (tertiary/aromatic N) is 2. The number of nitrogens with one attached hydrogen (secondary N) is 2. The van der Waals surface area contributed by atoms with Gasteiger partial charge in [-0.1, -0.05) is 6.42 Å². The Morgan fingerprint density at radius 1 is 1.15 bits per heavy atom. The van der Waals surface area contributed by atoms with Crippen LogP contribution in [-0.2, 0) is 9.47 Å². The van der Waals surface area contributed by atoms with Crippen LogP contribution in [0.1, 0.15) is 58.3 Å². The molecule has 2 aliphatic carbocycles. The molecule has 2 saturated carbocycles. The summed E-state index contributed by atoms with van der Waals surface area (Å²) in [6.45, 7) is 8.12. The zero-order chi connectivity index (χ0) is 18.7. The van der Waals surface area contributed by atoms with Crippen molar-refractivity contribution in [3.63, 3.8) is 0 Å². The van der Waals surface area contributed by atoms with Crippen molar-refractivity contribution in [2.24, 2.45) is 10.4 Å². The zero-order valence-corrected chi connectivity index (χ0v) is 17.3. The molecule has 2 heterocycles. The van der Waals surface area contributed by atoms with E-state index in [1.807, 2.05) is 7.05 Å². The molecule has 2 N–H and O–H groups in total. The lowest BCUT2D eigenvalue weighted by atomic mass is 9.51. The van der Waals surface area contributed by atoms with Gasteiger partial charge in [0.1, 0.15) is 0 Å². The average Bonchev–Trinajstić information content (AvgIpc) is 3.18. The van der Waals surface area contributed by atoms with Crippen LogP contribution in [0.2, 0.25) is 0 Å². The van der Waals surface area contributed by atoms with Gasteiger partial charge in [0, 0.05) is 50.4 Å². The van der Waals surface area contributed by atoms with Crippen LogP contribution < -0.4 is 10.6 Å². The molecule has 0 bridgehead atoms. The van der Waals surface area contributed by atoms with E-state index >= 15 is 0 Å². The molecule has 2 aliphatic heterocycles. The fraction of sp³-hybridized carbons (Fsp3) is 0.952. The SMILES string of the molecule is CCOC1CC(NC(=NC)NCC2(N3CCCC3)CCOCC2)C12CCC2. The third kappa shape index (κ3) is 3.60. The van der Waals surface area contributed by atoms with E-state index in [0.717, 1.165) is 51.6 Å². The van der Waals surface area contributed by atoms with Crippen molar-refractivity contribution in [3.8, 4) is 0 Å². The van der Waals surface area contributed by atoms with Gasteiger partial charge in [-0.3, -0.25) is 9.89 Å². The minimum Gasteiger partial charge on any atom is -0.381 e. The molecule has 4 rings (SSSR count). The maximum absolute atomic E-state index is 6.00. The maximum Gasteiger partial charge on any atom is 0.191 e. The van der Waals surface area contributed by atoms with Crippen molar-refractivity contribution in [3.05, 3.63) is 0 Å². The Morgan fingerprint density at radius 3 is 2.48 bits per heavy atom. The number of guanidine groups is 1. The quantitative estimate of drug-likeness (QED) is 0.548. The van der Waals surface area contributed by atoms with Gasteiger partial charge in [-0.2, -0.15) is 0 Å². The van der Waals surface area contributed by atoms with E-state index in [1.165, 1.54) is 45.2 Å². The second-order valence-corrected chi connectivity index (χ2v) is 8.92. The van der Waals surface area contributed by atoms with Gasteiger partial charge in [0.2, 0.25) is 0 Å². The highest BCUT2D eigenvalue weighted by molar-refractivity contribution is 5.80. The largest absolute Gasteiger partial charge is 0.381 e. The number of aliphatic imine (C=N–C) groups is 1. The molecule has 0 aromatic rings. The topological polar surface area (TPSA) is 58.1 Å². The van der Waals surface area contributed by atoms with E-state index < -0.39 is 0 Å². The van der Waals surface area contributed by atoms with Crippen LogP contribution in [0.25, 0.3) is 0 Å². The van der Waals surface area contributed by atoms with Crippen molar-refractivity contribution < 1.29 is 9.47 Å². The van der Waals surface area contributed by atoms with Crippen LogP contribution in [0.15, 0.2) is 4.99 Å². The molecule has 4 fully saturated rings. The Bertz CT molecular complexity index is 522. The van der Waals surface area contributed by atoms with E-state index in [9.17, 15) is 0 Å². The van der Waals surface area contributed by atoms with Crippen LogP contribution in [0.3, 0.4) is 0 Å². The number of hydrogen-bond acceptors (Lipinski definition) is 4. The molecule has 2 saturated heterocycles. The predicted molar refractivity (Wildman–Crippen MR) is 108 cm³/mol. The van der Waals surface area contributed by atoms with Gasteiger partial charge in [-0.05, 0) is 65.0 Å². The van der Waals surface area contributed by atoms with E-state index in [-0.39, 0.29) is 5.54 Å². The molecule has 2 atom stereocenters. The van der Waals surface area contributed by atoms with Gasteiger partial charge in [0.15, 0.2) is 5.96 Å². The minimum absolute atomic E-state index is 0.230. The first-order valence-electron chi connectivity index (χ1n) is 11.1. The summed E-state index contributed by atoms with van der Waals surface area (Å²) >= 11 is 0. The van der Waals surface area contributed by atoms with Crippen molar-refractivity contribution in [2.75, 3.05) is 46.5 Å². The van der Waals surface area contributed by atoms with Crippen LogP contribution in [0.4, 0.5) is 0 Å². The summed E-state index contributed by atoms with van der Waals surface area (Å²) < 4.78 is 11.7. The number of ether oxygens (including phenoxy) is 2. The molecule has 154 valence electrons. The molecule has 27 heavy (non-hydrogen) atoms. The summed E-state index contributed by atoms with van der Waals surface area (Å²) in [6, 6.07) is 0.506. The Balaban J connectivity index is 1.35. The second-order valence-electron chi connectivity index (χ2n) is 8.92. The molecule has 2 unspecified atom stereocenters. The third-order valence-electron chi connectivity index (χ3n) is 7.76. The lowest BCUT2D eigenvalue weighted by Gasteiger charge is -2.61. The van der Waals surface area contributed by atoms with Gasteiger partial charge >= 0.3 is 0 Å². The molecule has 0 aromatic carbocycles. The van der Waals surface area contributed by atoms with Gasteiger partial charge in [-0.25, -0.2) is 0 Å². The smallest absolute Gasteiger partial charge is 0.191 e. The molecule has 0 aromatic heterocycles. The van der Waals surface area contributed by atoms with Crippen molar-refractivity contribution in [1.82, 2.24) is 15.5 Å². The van der Waals surface area contributed by atoms with Gasteiger partial charge < -0.3 is 20.1 Å². The molecule has 6 heteroatoms. The lowest BCUT2D eigenvalue weighted by molar-refractivity contribution is -0.168. The molecular formula is C21H38N4O2. The minimum atomic E-state index is 0.230. The van der Waals surface area contributed by atoms with Gasteiger partial charge in [0.25, 0.3) is 0 Å². The molecule has 0 radical (unpaired) electrons. The summed E-state index contributed by atoms with van der Waals surface area (Å²) in [6.07, 6.45) is 10.4. The standard InChI is InChI=1S/C21H38N4O2/c1-3-27-18-15-17(21(18)7-6-8-21)24-19(22-2)23-16-20(9-13-26-14-10-20)25-11-4-5-12-25/h17-18H,3-16H2,1-2H3,(H2,22,23,24). The lowest BCUT2D eigenvalue weighted by Crippen LogP contribution is -2.69. The average molecular weight is 379 g/mol. The molecule has 6 nitrogen and oxygen atoms in total. The Morgan fingerprint density at radius 2 is 1.89 bits per heavy atom. The van der Waals surface area contributed by atoms with Crippen molar-refractivity contribution in [2.45, 2.75) is 76.0 Å². The fourth-order valence-corrected chi connectivity index (χ4v) is 5.80. The summed E-state index contributed by atoms with van der Waals surface area (Å²) in [5, 5.41) is 7.43. The van der Waals surface area contributed by atoms with E-state index in [2.05, 4.69) is 27.4 Å². The highest BCUT2D eigenvalue weighted by atomic mass is 16.5. The monoisotopic (exact) mass is 378 g/mol. The first-order valence-corrected chi connectivity index (χ1v) is 11.1. The van der Waals surface area contributed by atoms with E-state index in [4.69, 9.17) is 9.47 Å². The summed E-state index contributed by atoms with van der Waals surface area (Å²) in [7, 11) is 1.90. The second kappa shape index (κ2) is 8.26. The van der Waals surface area contributed by atoms with Crippen molar-refractivity contribution in [1.29, 1.82) is 0 Å². The Hall–Kier alpha value is -0.850. The van der Waals surface area contributed by atoms with Crippen LogP contribution in [-0.4, -0.2) is 75.0 Å². The Kier molecular flexibility index (Phi) is 5.95. The van der Waals surface area contributed by atoms with Crippen molar-refractivity contribution >= 4 is 5.96 Å². The number of rotatable bonds is 6. The molecule has 1 spiro atoms. The van der Waals surface area contributed by atoms with Gasteiger partial charge in [0.05, 0.1) is 6.10 Å². The van der Waals surface area contributed by atoms with Crippen LogP contribution in [0, 0.1) is 5.41 Å². The van der Waals surface area contributed by atoms with Crippen LogP contribution in [0.5, 0.6) is 0 Å². The van der Waals surface area contributed by atoms with Gasteiger partial charge in [-0.15, -0.1) is 0 Å². The number of likely N-dealkylation sites (tertiary alicyclic amines) is 1. The number of hydrogen-bond donors (Lipinski definition) is 2. The fourth-order valence-electron chi connectivity index (χ4n) is 5.80. The maximum atomic E-state index is 6.00. The molecule has 4 aliphatic rings. The summed E-state index contributed by atoms with van der Waals surface area (Å²) in [5.41, 5.74) is 0.590. The normalized spacial score (nSPS) is 32.7. The van der Waals surface area contributed by atoms with Crippen LogP contribution >= 0.6 is 0 Å². The van der Waals surface area contributed by atoms with E-state index in [0.29, 0.717) is 17.6 Å².